The summed E-state index contributed by atoms with van der Waals surface area (Å²) >= 11 is 0. The van der Waals surface area contributed by atoms with Crippen molar-refractivity contribution in [3.63, 3.8) is 0 Å². The van der Waals surface area contributed by atoms with Crippen LogP contribution in [0.2, 0.25) is 0 Å². The third-order valence-corrected chi connectivity index (χ3v) is 2.34. The molecule has 0 bridgehead atoms. The summed E-state index contributed by atoms with van der Waals surface area (Å²) < 4.78 is 1.82. The van der Waals surface area contributed by atoms with Gasteiger partial charge in [0, 0.05) is 6.04 Å². The van der Waals surface area contributed by atoms with E-state index in [9.17, 15) is 4.79 Å². The normalized spacial score (nSPS) is 11.5. The van der Waals surface area contributed by atoms with Crippen LogP contribution in [-0.2, 0) is 6.54 Å². The summed E-state index contributed by atoms with van der Waals surface area (Å²) in [7, 11) is 0. The molecule has 2 aromatic heterocycles. The van der Waals surface area contributed by atoms with Gasteiger partial charge in [0.25, 0.3) is 5.56 Å². The highest BCUT2D eigenvalue weighted by Crippen LogP contribution is 2.16. The fraction of sp³-hybridized carbons (Fsp3) is 0.444. The number of nitrogens with zero attached hydrogens (tertiary/aromatic N) is 3. The second kappa shape index (κ2) is 3.60. The molecule has 0 atom stereocenters. The van der Waals surface area contributed by atoms with Gasteiger partial charge in [-0.25, -0.2) is 4.98 Å². The van der Waals surface area contributed by atoms with E-state index in [0.717, 1.165) is 0 Å². The van der Waals surface area contributed by atoms with Crippen molar-refractivity contribution in [2.75, 3.05) is 5.73 Å². The first-order chi connectivity index (χ1) is 7.54. The molecule has 0 radical (unpaired) electrons. The molecule has 0 amide bonds. The molecule has 86 valence electrons. The fourth-order valence-corrected chi connectivity index (χ4v) is 1.73. The highest BCUT2D eigenvalue weighted by molar-refractivity contribution is 5.71. The number of hydrogen-bond acceptors (Lipinski definition) is 5. The van der Waals surface area contributed by atoms with E-state index in [2.05, 4.69) is 15.0 Å². The topological polar surface area (TPSA) is 116 Å². The van der Waals surface area contributed by atoms with Gasteiger partial charge in [-0.3, -0.25) is 9.78 Å². The van der Waals surface area contributed by atoms with Gasteiger partial charge < -0.3 is 16.0 Å². The maximum atomic E-state index is 11.6. The zero-order valence-electron chi connectivity index (χ0n) is 9.19. The van der Waals surface area contributed by atoms with Crippen molar-refractivity contribution in [1.29, 1.82) is 0 Å². The summed E-state index contributed by atoms with van der Waals surface area (Å²) in [6.07, 6.45) is 0. The number of hydrogen-bond donors (Lipinski definition) is 3. The van der Waals surface area contributed by atoms with E-state index in [0.29, 0.717) is 11.5 Å². The van der Waals surface area contributed by atoms with Crippen LogP contribution in [0.5, 0.6) is 0 Å². The van der Waals surface area contributed by atoms with E-state index in [1.54, 1.807) is 0 Å². The number of H-pyrrole nitrogens is 1. The van der Waals surface area contributed by atoms with E-state index in [4.69, 9.17) is 11.5 Å². The van der Waals surface area contributed by atoms with Gasteiger partial charge >= 0.3 is 0 Å². The molecule has 0 aliphatic heterocycles. The average Bonchev–Trinajstić information content (AvgIpc) is 2.56. The first-order valence-corrected chi connectivity index (χ1v) is 5.01. The molecule has 2 aromatic rings. The van der Waals surface area contributed by atoms with E-state index >= 15 is 0 Å². The van der Waals surface area contributed by atoms with Crippen molar-refractivity contribution < 1.29 is 0 Å². The smallest absolute Gasteiger partial charge is 0.280 e. The van der Waals surface area contributed by atoms with Gasteiger partial charge in [0.15, 0.2) is 11.2 Å². The zero-order chi connectivity index (χ0) is 11.9. The predicted molar refractivity (Wildman–Crippen MR) is 60.8 cm³/mol. The Hall–Kier alpha value is -1.89. The van der Waals surface area contributed by atoms with Crippen molar-refractivity contribution in [3.8, 4) is 0 Å². The van der Waals surface area contributed by atoms with Crippen molar-refractivity contribution in [3.05, 3.63) is 16.2 Å². The molecule has 0 aliphatic carbocycles. The molecule has 2 rings (SSSR count). The second-order valence-corrected chi connectivity index (χ2v) is 3.82. The molecule has 0 aliphatic rings. The molecule has 0 fully saturated rings. The molecule has 7 heteroatoms. The fourth-order valence-electron chi connectivity index (χ4n) is 1.73. The predicted octanol–water partition coefficient (Wildman–Crippen LogP) is -0.259. The van der Waals surface area contributed by atoms with Gasteiger partial charge in [-0.05, 0) is 13.8 Å². The van der Waals surface area contributed by atoms with Crippen LogP contribution in [0.3, 0.4) is 0 Å². The monoisotopic (exact) mass is 222 g/mol. The molecule has 2 heterocycles. The first kappa shape index (κ1) is 10.6. The van der Waals surface area contributed by atoms with Crippen molar-refractivity contribution in [2.45, 2.75) is 26.4 Å². The zero-order valence-corrected chi connectivity index (χ0v) is 9.19. The third kappa shape index (κ3) is 1.45. The van der Waals surface area contributed by atoms with E-state index < -0.39 is 0 Å². The maximum absolute atomic E-state index is 11.6. The molecule has 0 saturated heterocycles. The van der Waals surface area contributed by atoms with Gasteiger partial charge in [-0.2, -0.15) is 4.98 Å². The molecule has 0 spiro atoms. The van der Waals surface area contributed by atoms with E-state index in [-0.39, 0.29) is 29.6 Å². The summed E-state index contributed by atoms with van der Waals surface area (Å²) in [5.74, 6) is 0.719. The quantitative estimate of drug-likeness (QED) is 0.647. The van der Waals surface area contributed by atoms with Crippen molar-refractivity contribution in [2.24, 2.45) is 5.73 Å². The van der Waals surface area contributed by atoms with E-state index in [1.165, 1.54) is 0 Å². The Balaban J connectivity index is 2.89. The van der Waals surface area contributed by atoms with Crippen LogP contribution in [0.25, 0.3) is 11.2 Å². The molecule has 0 saturated carbocycles. The van der Waals surface area contributed by atoms with Crippen molar-refractivity contribution >= 4 is 17.1 Å². The lowest BCUT2D eigenvalue weighted by Gasteiger charge is -2.10. The number of fused-ring (bicyclic) bond motifs is 1. The Bertz CT molecular complexity index is 581. The van der Waals surface area contributed by atoms with Gasteiger partial charge in [-0.15, -0.1) is 0 Å². The lowest BCUT2D eigenvalue weighted by molar-refractivity contribution is 0.581. The molecule has 16 heavy (non-hydrogen) atoms. The average molecular weight is 222 g/mol. The summed E-state index contributed by atoms with van der Waals surface area (Å²) in [6.45, 7) is 4.20. The minimum absolute atomic E-state index is 0.0860. The van der Waals surface area contributed by atoms with Crippen LogP contribution in [0, 0.1) is 0 Å². The number of anilines is 1. The van der Waals surface area contributed by atoms with Gasteiger partial charge in [-0.1, -0.05) is 0 Å². The minimum atomic E-state index is -0.336. The molecular formula is C9H14N6O. The third-order valence-electron chi connectivity index (χ3n) is 2.34. The Morgan fingerprint density at radius 1 is 1.44 bits per heavy atom. The molecule has 7 nitrogen and oxygen atoms in total. The Morgan fingerprint density at radius 2 is 2.12 bits per heavy atom. The van der Waals surface area contributed by atoms with Crippen LogP contribution in [-0.4, -0.2) is 19.5 Å². The standard InChI is InChI=1S/C9H14N6O/c1-4(2)15-5(3-10)12-6-7(15)13-9(11)14-8(6)16/h4H,3,10H2,1-2H3,(H3,11,13,14,16). The number of rotatable bonds is 2. The number of aromatic nitrogens is 4. The SMILES string of the molecule is CC(C)n1c(CN)nc2c(=O)[nH]c(N)nc21. The van der Waals surface area contributed by atoms with Crippen LogP contribution < -0.4 is 17.0 Å². The number of nitrogen functional groups attached to an aromatic ring is 1. The molecular weight excluding hydrogens is 208 g/mol. The maximum Gasteiger partial charge on any atom is 0.280 e. The van der Waals surface area contributed by atoms with Crippen LogP contribution in [0.15, 0.2) is 4.79 Å². The summed E-state index contributed by atoms with van der Waals surface area (Å²) in [4.78, 5) is 22.3. The highest BCUT2D eigenvalue weighted by Gasteiger charge is 2.16. The number of nitrogens with one attached hydrogen (secondary N) is 1. The number of aromatic amines is 1. The molecule has 0 aromatic carbocycles. The van der Waals surface area contributed by atoms with Gasteiger partial charge in [0.1, 0.15) is 5.82 Å². The second-order valence-electron chi connectivity index (χ2n) is 3.82. The summed E-state index contributed by atoms with van der Waals surface area (Å²) in [6, 6.07) is 0.122. The van der Waals surface area contributed by atoms with Crippen LogP contribution in [0.4, 0.5) is 5.95 Å². The Kier molecular flexibility index (Phi) is 2.39. The largest absolute Gasteiger partial charge is 0.369 e. The van der Waals surface area contributed by atoms with Crippen molar-refractivity contribution in [1.82, 2.24) is 19.5 Å². The summed E-state index contributed by atoms with van der Waals surface area (Å²) in [5, 5.41) is 0. The van der Waals surface area contributed by atoms with Gasteiger partial charge in [0.2, 0.25) is 5.95 Å². The highest BCUT2D eigenvalue weighted by atomic mass is 16.1. The Morgan fingerprint density at radius 3 is 2.69 bits per heavy atom. The van der Waals surface area contributed by atoms with Crippen LogP contribution >= 0.6 is 0 Å². The van der Waals surface area contributed by atoms with Crippen LogP contribution in [0.1, 0.15) is 25.7 Å². The first-order valence-electron chi connectivity index (χ1n) is 5.01. The molecule has 0 unspecified atom stereocenters. The molecule has 5 N–H and O–H groups in total. The lowest BCUT2D eigenvalue weighted by Crippen LogP contribution is -2.13. The number of nitrogens with two attached hydrogens (primary N) is 2. The Labute approximate surface area is 91.5 Å². The number of imidazole rings is 1. The minimum Gasteiger partial charge on any atom is -0.369 e. The van der Waals surface area contributed by atoms with E-state index in [1.807, 2.05) is 18.4 Å². The van der Waals surface area contributed by atoms with Gasteiger partial charge in [0.05, 0.1) is 6.54 Å². The summed E-state index contributed by atoms with van der Waals surface area (Å²) in [5.41, 5.74) is 11.5. The lowest BCUT2D eigenvalue weighted by atomic mass is 10.3.